The molecule has 2 atom stereocenters. The molecule has 0 N–H and O–H groups in total. The lowest BCUT2D eigenvalue weighted by molar-refractivity contribution is -0.220. The summed E-state index contributed by atoms with van der Waals surface area (Å²) in [5.41, 5.74) is -0.552. The van der Waals surface area contributed by atoms with E-state index in [2.05, 4.69) is 0 Å². The van der Waals surface area contributed by atoms with Crippen molar-refractivity contribution in [2.24, 2.45) is 35.5 Å². The predicted octanol–water partition coefficient (Wildman–Crippen LogP) is 4.58. The van der Waals surface area contributed by atoms with Gasteiger partial charge in [-0.3, -0.25) is 4.79 Å². The lowest BCUT2D eigenvalue weighted by Crippen LogP contribution is -2.58. The summed E-state index contributed by atoms with van der Waals surface area (Å²) in [7, 11) is 0. The maximum atomic E-state index is 12.8. The van der Waals surface area contributed by atoms with Crippen LogP contribution in [-0.4, -0.2) is 17.7 Å². The number of hydrogen-bond acceptors (Lipinski definition) is 2. The van der Waals surface area contributed by atoms with Crippen LogP contribution in [0.4, 0.5) is 13.2 Å². The molecular weight excluding hydrogens is 293 g/mol. The summed E-state index contributed by atoms with van der Waals surface area (Å²) in [6.45, 7) is 4.36. The largest absolute Gasteiger partial charge is 0.459 e. The Balaban J connectivity index is 1.71. The monoisotopic (exact) mass is 318 g/mol. The van der Waals surface area contributed by atoms with E-state index in [9.17, 15) is 18.0 Å². The fourth-order valence-electron chi connectivity index (χ4n) is 5.08. The molecule has 2 unspecified atom stereocenters. The molecule has 4 bridgehead atoms. The molecule has 4 aliphatic carbocycles. The van der Waals surface area contributed by atoms with Crippen LogP contribution in [0.15, 0.2) is 0 Å². The lowest BCUT2D eigenvalue weighted by Gasteiger charge is -2.59. The van der Waals surface area contributed by atoms with Gasteiger partial charge in [0.05, 0.1) is 11.8 Å². The maximum Gasteiger partial charge on any atom is 0.392 e. The van der Waals surface area contributed by atoms with Crippen LogP contribution in [-0.2, 0) is 9.53 Å². The average Bonchev–Trinajstić information content (AvgIpc) is 2.41. The number of carbonyl (C=O) groups excluding carboxylic acids is 1. The topological polar surface area (TPSA) is 26.3 Å². The van der Waals surface area contributed by atoms with Gasteiger partial charge in [0, 0.05) is 0 Å². The summed E-state index contributed by atoms with van der Waals surface area (Å²) in [5, 5.41) is 0. The van der Waals surface area contributed by atoms with E-state index in [0.29, 0.717) is 11.8 Å². The molecule has 0 aromatic carbocycles. The number of carbonyl (C=O) groups is 1. The lowest BCUT2D eigenvalue weighted by atomic mass is 9.50. The summed E-state index contributed by atoms with van der Waals surface area (Å²) >= 11 is 0. The van der Waals surface area contributed by atoms with Gasteiger partial charge < -0.3 is 4.74 Å². The van der Waals surface area contributed by atoms with Crippen LogP contribution in [0.3, 0.4) is 0 Å². The third kappa shape index (κ3) is 2.54. The van der Waals surface area contributed by atoms with E-state index in [0.717, 1.165) is 44.4 Å². The van der Waals surface area contributed by atoms with Crippen molar-refractivity contribution < 1.29 is 22.7 Å². The molecule has 4 fully saturated rings. The van der Waals surface area contributed by atoms with E-state index in [1.54, 1.807) is 0 Å². The number of ether oxygens (including phenoxy) is 1. The van der Waals surface area contributed by atoms with Gasteiger partial charge in [0.1, 0.15) is 5.60 Å². The molecule has 0 saturated heterocycles. The van der Waals surface area contributed by atoms with Crippen LogP contribution < -0.4 is 0 Å². The van der Waals surface area contributed by atoms with Crippen LogP contribution in [0.25, 0.3) is 0 Å². The molecular formula is C17H25F3O2. The number of esters is 1. The minimum atomic E-state index is -4.36. The third-order valence-corrected chi connectivity index (χ3v) is 6.72. The van der Waals surface area contributed by atoms with Crippen molar-refractivity contribution in [2.75, 3.05) is 0 Å². The Kier molecular flexibility index (Phi) is 3.76. The molecule has 4 saturated carbocycles. The second-order valence-corrected chi connectivity index (χ2v) is 8.03. The Bertz CT molecular complexity index is 429. The van der Waals surface area contributed by atoms with E-state index in [1.807, 2.05) is 6.92 Å². The number of halogens is 3. The van der Waals surface area contributed by atoms with Gasteiger partial charge in [-0.2, -0.15) is 13.2 Å². The standard InChI is InChI=1S/C17H25F3O2/c1-9(10(2)17(18,19)20)15(21)22-16(3)13-5-11-4-12(7-13)8-14(16)6-11/h9-14H,4-8H2,1-3H3. The second kappa shape index (κ2) is 5.13. The normalized spacial score (nSPS) is 43.0. The Hall–Kier alpha value is -0.740. The maximum absolute atomic E-state index is 12.8. The molecule has 2 nitrogen and oxygen atoms in total. The molecule has 0 heterocycles. The molecule has 22 heavy (non-hydrogen) atoms. The first kappa shape index (κ1) is 16.1. The first-order chi connectivity index (χ1) is 10.1. The van der Waals surface area contributed by atoms with Gasteiger partial charge in [0.2, 0.25) is 0 Å². The van der Waals surface area contributed by atoms with Crippen molar-refractivity contribution in [3.8, 4) is 0 Å². The highest BCUT2D eigenvalue weighted by Gasteiger charge is 2.57. The summed E-state index contributed by atoms with van der Waals surface area (Å²) in [6.07, 6.45) is 1.21. The van der Waals surface area contributed by atoms with Gasteiger partial charge in [-0.1, -0.05) is 13.8 Å². The van der Waals surface area contributed by atoms with Crippen molar-refractivity contribution in [2.45, 2.75) is 64.7 Å². The molecule has 0 aliphatic heterocycles. The van der Waals surface area contributed by atoms with Crippen molar-refractivity contribution in [3.63, 3.8) is 0 Å². The smallest absolute Gasteiger partial charge is 0.392 e. The quantitative estimate of drug-likeness (QED) is 0.712. The first-order valence-corrected chi connectivity index (χ1v) is 8.40. The molecule has 5 heteroatoms. The van der Waals surface area contributed by atoms with E-state index in [1.165, 1.54) is 13.3 Å². The summed E-state index contributed by atoms with van der Waals surface area (Å²) < 4.78 is 44.2. The van der Waals surface area contributed by atoms with Gasteiger partial charge >= 0.3 is 12.1 Å². The van der Waals surface area contributed by atoms with Crippen LogP contribution in [0.5, 0.6) is 0 Å². The third-order valence-electron chi connectivity index (χ3n) is 6.72. The zero-order chi connectivity index (χ0) is 16.3. The van der Waals surface area contributed by atoms with E-state index in [4.69, 9.17) is 4.74 Å². The minimum absolute atomic E-state index is 0.334. The van der Waals surface area contributed by atoms with Crippen LogP contribution in [0, 0.1) is 35.5 Å². The molecule has 126 valence electrons. The first-order valence-electron chi connectivity index (χ1n) is 8.40. The number of alkyl halides is 3. The summed E-state index contributed by atoms with van der Waals surface area (Å²) in [6, 6.07) is 0. The highest BCUT2D eigenvalue weighted by molar-refractivity contribution is 5.73. The number of hydrogen-bond donors (Lipinski definition) is 0. The molecule has 4 rings (SSSR count). The molecule has 0 amide bonds. The van der Waals surface area contributed by atoms with Gasteiger partial charge in [-0.25, -0.2) is 0 Å². The fraction of sp³-hybridized carbons (Fsp3) is 0.941. The van der Waals surface area contributed by atoms with Gasteiger partial charge in [0.15, 0.2) is 0 Å². The van der Waals surface area contributed by atoms with Crippen LogP contribution >= 0.6 is 0 Å². The van der Waals surface area contributed by atoms with E-state index >= 15 is 0 Å². The number of rotatable bonds is 3. The zero-order valence-corrected chi connectivity index (χ0v) is 13.5. The second-order valence-electron chi connectivity index (χ2n) is 8.03. The molecule has 4 aliphatic rings. The fourth-order valence-corrected chi connectivity index (χ4v) is 5.08. The Morgan fingerprint density at radius 3 is 1.91 bits per heavy atom. The van der Waals surface area contributed by atoms with Crippen LogP contribution in [0.2, 0.25) is 0 Å². The Morgan fingerprint density at radius 1 is 1.05 bits per heavy atom. The van der Waals surface area contributed by atoms with Crippen molar-refractivity contribution in [1.29, 1.82) is 0 Å². The molecule has 0 radical (unpaired) electrons. The van der Waals surface area contributed by atoms with Gasteiger partial charge in [0.25, 0.3) is 0 Å². The average molecular weight is 318 g/mol. The Morgan fingerprint density at radius 2 is 1.50 bits per heavy atom. The van der Waals surface area contributed by atoms with E-state index < -0.39 is 29.6 Å². The minimum Gasteiger partial charge on any atom is -0.459 e. The summed E-state index contributed by atoms with van der Waals surface area (Å²) in [4.78, 5) is 12.3. The summed E-state index contributed by atoms with van der Waals surface area (Å²) in [5.74, 6) is -1.35. The zero-order valence-electron chi connectivity index (χ0n) is 13.5. The highest BCUT2D eigenvalue weighted by Crippen LogP contribution is 2.59. The van der Waals surface area contributed by atoms with Gasteiger partial charge in [-0.15, -0.1) is 0 Å². The Labute approximate surface area is 129 Å². The highest BCUT2D eigenvalue weighted by atomic mass is 19.4. The van der Waals surface area contributed by atoms with Crippen LogP contribution in [0.1, 0.15) is 52.9 Å². The van der Waals surface area contributed by atoms with Crippen molar-refractivity contribution in [3.05, 3.63) is 0 Å². The predicted molar refractivity (Wildman–Crippen MR) is 75.9 cm³/mol. The molecule has 0 spiro atoms. The SMILES string of the molecule is CC(C(=O)OC1(C)C2CC3CC(C2)CC1C3)C(C)C(F)(F)F. The van der Waals surface area contributed by atoms with Crippen molar-refractivity contribution in [1.82, 2.24) is 0 Å². The van der Waals surface area contributed by atoms with Gasteiger partial charge in [-0.05, 0) is 62.7 Å². The van der Waals surface area contributed by atoms with Crippen molar-refractivity contribution >= 4 is 5.97 Å². The molecule has 0 aromatic heterocycles. The molecule has 0 aromatic rings. The van der Waals surface area contributed by atoms with E-state index in [-0.39, 0.29) is 0 Å².